The average Bonchev–Trinajstić information content (AvgIpc) is 3.26. The second-order valence-corrected chi connectivity index (χ2v) is 9.75. The van der Waals surface area contributed by atoms with E-state index in [1.54, 1.807) is 7.11 Å². The van der Waals surface area contributed by atoms with Gasteiger partial charge in [0.2, 0.25) is 5.95 Å². The maximum absolute atomic E-state index is 13.1. The van der Waals surface area contributed by atoms with Crippen LogP contribution in [0.3, 0.4) is 0 Å². The van der Waals surface area contributed by atoms with Crippen molar-refractivity contribution >= 4 is 23.3 Å². The van der Waals surface area contributed by atoms with Gasteiger partial charge < -0.3 is 25.0 Å². The number of benzene rings is 1. The molecule has 1 aromatic carbocycles. The van der Waals surface area contributed by atoms with Crippen LogP contribution in [0.4, 0.5) is 30.5 Å². The number of H-pyrrole nitrogens is 1. The number of ether oxygens (including phenoxy) is 1. The van der Waals surface area contributed by atoms with E-state index < -0.39 is 17.8 Å². The average molecular weight is 497 g/mol. The highest BCUT2D eigenvalue weighted by atomic mass is 19.4. The fourth-order valence-corrected chi connectivity index (χ4v) is 4.68. The Morgan fingerprint density at radius 3 is 2.49 bits per heavy atom. The highest BCUT2D eigenvalue weighted by Crippen LogP contribution is 2.38. The molecule has 194 valence electrons. The summed E-state index contributed by atoms with van der Waals surface area (Å²) >= 11 is 0. The highest BCUT2D eigenvalue weighted by Gasteiger charge is 2.34. The Bertz CT molecular complexity index is 985. The lowest BCUT2D eigenvalue weighted by Crippen LogP contribution is -2.41. The number of carboxylic acids is 1. The molecule has 10 heteroatoms. The first-order valence-electron chi connectivity index (χ1n) is 12.0. The van der Waals surface area contributed by atoms with Gasteiger partial charge in [-0.1, -0.05) is 26.8 Å². The van der Waals surface area contributed by atoms with Crippen molar-refractivity contribution in [1.82, 2.24) is 9.97 Å². The second kappa shape index (κ2) is 11.3. The number of halogens is 3. The van der Waals surface area contributed by atoms with Gasteiger partial charge in [-0.25, -0.2) is 4.98 Å². The molecule has 0 amide bonds. The van der Waals surface area contributed by atoms with Crippen LogP contribution in [0.5, 0.6) is 0 Å². The van der Waals surface area contributed by atoms with E-state index in [0.29, 0.717) is 11.6 Å². The van der Waals surface area contributed by atoms with Gasteiger partial charge in [0.1, 0.15) is 0 Å². The fourth-order valence-electron chi connectivity index (χ4n) is 4.68. The number of anilines is 3. The number of imidazole rings is 1. The van der Waals surface area contributed by atoms with Crippen LogP contribution in [0, 0.1) is 5.92 Å². The number of rotatable bonds is 10. The lowest BCUT2D eigenvalue weighted by atomic mass is 9.90. The Hall–Kier alpha value is -2.75. The predicted molar refractivity (Wildman–Crippen MR) is 129 cm³/mol. The molecule has 0 saturated heterocycles. The molecule has 3 rings (SSSR count). The summed E-state index contributed by atoms with van der Waals surface area (Å²) in [4.78, 5) is 19.8. The maximum Gasteiger partial charge on any atom is 0.434 e. The largest absolute Gasteiger partial charge is 0.481 e. The van der Waals surface area contributed by atoms with Crippen molar-refractivity contribution in [3.05, 3.63) is 35.7 Å². The van der Waals surface area contributed by atoms with Crippen molar-refractivity contribution in [2.75, 3.05) is 23.9 Å². The normalized spacial score (nSPS) is 19.5. The van der Waals surface area contributed by atoms with E-state index in [0.717, 1.165) is 49.7 Å². The maximum atomic E-state index is 13.1. The first kappa shape index (κ1) is 26.8. The van der Waals surface area contributed by atoms with Crippen molar-refractivity contribution in [3.8, 4) is 0 Å². The van der Waals surface area contributed by atoms with E-state index >= 15 is 0 Å². The monoisotopic (exact) mass is 496 g/mol. The molecule has 35 heavy (non-hydrogen) atoms. The fraction of sp³-hybridized carbons (Fsp3) is 0.600. The summed E-state index contributed by atoms with van der Waals surface area (Å²) < 4.78 is 44.8. The third kappa shape index (κ3) is 7.13. The summed E-state index contributed by atoms with van der Waals surface area (Å²) in [5.41, 5.74) is 1.23. The van der Waals surface area contributed by atoms with Crippen LogP contribution in [-0.4, -0.2) is 46.8 Å². The molecule has 0 spiro atoms. The number of nitrogens with one attached hydrogen (secondary N) is 2. The van der Waals surface area contributed by atoms with Gasteiger partial charge in [0.25, 0.3) is 0 Å². The molecule has 1 aliphatic carbocycles. The molecule has 0 radical (unpaired) electrons. The van der Waals surface area contributed by atoms with Gasteiger partial charge in [0.05, 0.1) is 23.9 Å². The SMILES string of the molecule is COC1CCC(N(CC(C)C)c2ccc(C(C)CC(=O)O)cc2Nc2nc(C(F)(F)F)c[nH]2)CC1. The molecule has 2 aromatic rings. The highest BCUT2D eigenvalue weighted by molar-refractivity contribution is 5.75. The zero-order chi connectivity index (χ0) is 25.8. The predicted octanol–water partition coefficient (Wildman–Crippen LogP) is 6.17. The van der Waals surface area contributed by atoms with Gasteiger partial charge in [-0.15, -0.1) is 0 Å². The van der Waals surface area contributed by atoms with E-state index in [-0.39, 0.29) is 30.4 Å². The summed E-state index contributed by atoms with van der Waals surface area (Å²) in [6.07, 6.45) is 0.250. The molecule has 1 heterocycles. The van der Waals surface area contributed by atoms with E-state index in [1.807, 2.05) is 25.1 Å². The van der Waals surface area contributed by atoms with Crippen LogP contribution >= 0.6 is 0 Å². The number of methoxy groups -OCH3 is 1. The zero-order valence-electron chi connectivity index (χ0n) is 20.7. The van der Waals surface area contributed by atoms with Gasteiger partial charge >= 0.3 is 12.1 Å². The Morgan fingerprint density at radius 1 is 1.26 bits per heavy atom. The third-order valence-electron chi connectivity index (χ3n) is 6.48. The van der Waals surface area contributed by atoms with Crippen LogP contribution < -0.4 is 10.2 Å². The second-order valence-electron chi connectivity index (χ2n) is 9.75. The molecular weight excluding hydrogens is 461 g/mol. The van der Waals surface area contributed by atoms with E-state index in [1.165, 1.54) is 0 Å². The number of hydrogen-bond donors (Lipinski definition) is 3. The topological polar surface area (TPSA) is 90.5 Å². The van der Waals surface area contributed by atoms with E-state index in [9.17, 15) is 23.1 Å². The van der Waals surface area contributed by atoms with Crippen LogP contribution in [0.15, 0.2) is 24.4 Å². The van der Waals surface area contributed by atoms with Crippen LogP contribution in [0.1, 0.15) is 70.1 Å². The number of carbonyl (C=O) groups is 1. The molecule has 1 atom stereocenters. The number of aromatic amines is 1. The summed E-state index contributed by atoms with van der Waals surface area (Å²) in [6.45, 7) is 6.85. The summed E-state index contributed by atoms with van der Waals surface area (Å²) in [5.74, 6) is -0.836. The van der Waals surface area contributed by atoms with Gasteiger partial charge in [-0.05, 0) is 55.2 Å². The van der Waals surface area contributed by atoms with Crippen molar-refractivity contribution in [1.29, 1.82) is 0 Å². The number of carboxylic acid groups (broad SMARTS) is 1. The van der Waals surface area contributed by atoms with Crippen molar-refractivity contribution in [3.63, 3.8) is 0 Å². The molecule has 1 saturated carbocycles. The minimum atomic E-state index is -4.55. The first-order valence-corrected chi connectivity index (χ1v) is 12.0. The molecule has 0 bridgehead atoms. The molecular formula is C25H35F3N4O3. The summed E-state index contributed by atoms with van der Waals surface area (Å²) in [6, 6.07) is 5.93. The molecule has 1 aliphatic rings. The van der Waals surface area contributed by atoms with Gasteiger partial charge in [-0.3, -0.25) is 4.79 Å². The minimum absolute atomic E-state index is 0.0193. The number of nitrogens with zero attached hydrogens (tertiary/aromatic N) is 2. The number of aliphatic carboxylic acids is 1. The van der Waals surface area contributed by atoms with Gasteiger partial charge in [-0.2, -0.15) is 13.2 Å². The standard InChI is InChI=1S/C25H35F3N4O3/c1-15(2)14-32(18-6-8-19(35-4)9-7-18)21-10-5-17(16(3)11-23(33)34)12-20(21)30-24-29-13-22(31-24)25(26,27)28/h5,10,12-13,15-16,18-19H,6-9,11,14H2,1-4H3,(H,33,34)(H2,29,30,31). The van der Waals surface area contributed by atoms with E-state index in [2.05, 4.69) is 34.0 Å². The van der Waals surface area contributed by atoms with Crippen LogP contribution in [-0.2, 0) is 15.7 Å². The Labute approximate surface area is 204 Å². The summed E-state index contributed by atoms with van der Waals surface area (Å²) in [5, 5.41) is 12.3. The van der Waals surface area contributed by atoms with E-state index in [4.69, 9.17) is 4.74 Å². The molecule has 1 fully saturated rings. The zero-order valence-corrected chi connectivity index (χ0v) is 20.7. The molecule has 7 nitrogen and oxygen atoms in total. The van der Waals surface area contributed by atoms with Crippen molar-refractivity contribution in [2.45, 2.75) is 77.1 Å². The Kier molecular flexibility index (Phi) is 8.69. The Morgan fingerprint density at radius 2 is 1.94 bits per heavy atom. The van der Waals surface area contributed by atoms with Crippen LogP contribution in [0.25, 0.3) is 0 Å². The van der Waals surface area contributed by atoms with Gasteiger partial charge in [0.15, 0.2) is 5.69 Å². The smallest absolute Gasteiger partial charge is 0.434 e. The number of alkyl halides is 3. The lowest BCUT2D eigenvalue weighted by molar-refractivity contribution is -0.141. The first-order chi connectivity index (χ1) is 16.5. The summed E-state index contributed by atoms with van der Waals surface area (Å²) in [7, 11) is 1.73. The van der Waals surface area contributed by atoms with Crippen molar-refractivity contribution in [2.24, 2.45) is 5.92 Å². The number of aromatic nitrogens is 2. The van der Waals surface area contributed by atoms with Gasteiger partial charge in [0, 0.05) is 25.9 Å². The lowest BCUT2D eigenvalue weighted by Gasteiger charge is -2.40. The third-order valence-corrected chi connectivity index (χ3v) is 6.48. The molecule has 1 aromatic heterocycles. The quantitative estimate of drug-likeness (QED) is 0.364. The minimum Gasteiger partial charge on any atom is -0.481 e. The molecule has 1 unspecified atom stereocenters. The Balaban J connectivity index is 1.99. The molecule has 0 aliphatic heterocycles. The van der Waals surface area contributed by atoms with Crippen molar-refractivity contribution < 1.29 is 27.8 Å². The van der Waals surface area contributed by atoms with Crippen LogP contribution in [0.2, 0.25) is 0 Å². The molecule has 3 N–H and O–H groups in total. The number of hydrogen-bond acceptors (Lipinski definition) is 5.